The average molecular weight is 1040 g/mol. The maximum Gasteiger partial charge on any atom is 0.326 e. The molecule has 6 aromatic heterocycles. The number of carbonyl (C=O) groups excluding carboxylic acids is 2. The van der Waals surface area contributed by atoms with Gasteiger partial charge in [0.25, 0.3) is 11.1 Å². The molecule has 1 amide bonds. The Hall–Kier alpha value is -9.50. The molecule has 0 spiro atoms. The molecule has 0 atom stereocenters. The monoisotopic (exact) mass is 1040 g/mol. The lowest BCUT2D eigenvalue weighted by Crippen LogP contribution is -2.34. The summed E-state index contributed by atoms with van der Waals surface area (Å²) in [5.74, 6) is 1.06. The van der Waals surface area contributed by atoms with Gasteiger partial charge < -0.3 is 49.4 Å². The zero-order valence-electron chi connectivity index (χ0n) is 43.9. The first-order chi connectivity index (χ1) is 36.9. The lowest BCUT2D eigenvalue weighted by atomic mass is 10.1. The van der Waals surface area contributed by atoms with E-state index < -0.39 is 22.7 Å². The summed E-state index contributed by atoms with van der Waals surface area (Å²) < 4.78 is 8.15. The number of benzene rings is 2. The Morgan fingerprint density at radius 1 is 0.584 bits per heavy atom. The SMILES string of the molecule is CC(C)(C)OC(=O)Cn1c(-c2ccnc(N)c2)cnc(NCCc2ccccc2)c1=O.Cc1nc(N)ccc1CN.Cc1nc(N)ccc1CNC(=O)Cn1c(-c2ccnc(N)c2)cnc(NCCc2ccccc2)c1=O. The fraction of sp³-hybridized carbons (Fsp3) is 0.250. The summed E-state index contributed by atoms with van der Waals surface area (Å²) >= 11 is 0. The Labute approximate surface area is 446 Å². The summed E-state index contributed by atoms with van der Waals surface area (Å²) in [6.07, 6.45) is 7.64. The van der Waals surface area contributed by atoms with Gasteiger partial charge in [0.05, 0.1) is 23.8 Å². The van der Waals surface area contributed by atoms with Crippen molar-refractivity contribution in [1.82, 2.24) is 44.4 Å². The summed E-state index contributed by atoms with van der Waals surface area (Å²) in [6.45, 7) is 10.4. The first-order valence-corrected chi connectivity index (χ1v) is 24.7. The van der Waals surface area contributed by atoms with Gasteiger partial charge in [0.1, 0.15) is 42.0 Å². The van der Waals surface area contributed by atoms with Gasteiger partial charge in [-0.15, -0.1) is 0 Å². The number of nitrogens with two attached hydrogens (primary N) is 5. The van der Waals surface area contributed by atoms with Gasteiger partial charge in [-0.1, -0.05) is 72.8 Å². The largest absolute Gasteiger partial charge is 0.459 e. The van der Waals surface area contributed by atoms with Crippen molar-refractivity contribution in [1.29, 1.82) is 0 Å². The van der Waals surface area contributed by atoms with Crippen molar-refractivity contribution in [3.05, 3.63) is 188 Å². The van der Waals surface area contributed by atoms with Crippen molar-refractivity contribution in [2.75, 3.05) is 46.7 Å². The number of hydrogen-bond donors (Lipinski definition) is 8. The molecule has 0 bridgehead atoms. The fourth-order valence-corrected chi connectivity index (χ4v) is 7.67. The van der Waals surface area contributed by atoms with Crippen molar-refractivity contribution < 1.29 is 14.3 Å². The molecular formula is C56H66N16O5. The lowest BCUT2D eigenvalue weighted by Gasteiger charge is -2.21. The second kappa shape index (κ2) is 27.2. The van der Waals surface area contributed by atoms with E-state index in [1.54, 1.807) is 82.0 Å². The standard InChI is InChI=1S/C26H28N8O2.C23H27N5O3.C7H11N3/c1-17-20(7-8-22(27)33-17)14-31-24(35)16-34-21(19-10-12-29-23(28)13-19)15-32-25(26(34)36)30-11-9-18-5-3-2-4-6-18;1-23(2,3)31-20(29)15-28-18(17-10-12-25-19(24)13-17)14-27-21(22(28)30)26-11-9-16-7-5-4-6-8-16;1-5-6(4-8)2-3-7(9)10-5/h2-8,10,12-13,15H,9,11,14,16H2,1H3,(H2,27,33)(H2,28,29)(H,30,32)(H,31,35);4-8,10,12-14H,9,11,15H2,1-3H3,(H2,24,25)(H,26,27);2-3H,4,8H2,1H3,(H2,9,10). The molecule has 6 heterocycles. The second-order valence-corrected chi connectivity index (χ2v) is 18.6. The lowest BCUT2D eigenvalue weighted by molar-refractivity contribution is -0.155. The zero-order chi connectivity index (χ0) is 55.5. The van der Waals surface area contributed by atoms with Crippen molar-refractivity contribution in [2.24, 2.45) is 5.73 Å². The van der Waals surface area contributed by atoms with Crippen LogP contribution in [-0.2, 0) is 53.3 Å². The quantitative estimate of drug-likeness (QED) is 0.0525. The van der Waals surface area contributed by atoms with E-state index >= 15 is 0 Å². The number of nitrogens with one attached hydrogen (secondary N) is 3. The molecule has 21 nitrogen and oxygen atoms in total. The van der Waals surface area contributed by atoms with Crippen LogP contribution < -0.4 is 55.7 Å². The molecule has 8 aromatic rings. The molecule has 0 saturated heterocycles. The summed E-state index contributed by atoms with van der Waals surface area (Å²) in [5, 5.41) is 9.03. The van der Waals surface area contributed by atoms with E-state index in [1.165, 1.54) is 9.13 Å². The normalized spacial score (nSPS) is 10.8. The summed E-state index contributed by atoms with van der Waals surface area (Å²) in [5.41, 5.74) is 34.7. The molecule has 0 radical (unpaired) electrons. The third-order valence-electron chi connectivity index (χ3n) is 11.5. The first kappa shape index (κ1) is 56.8. The van der Waals surface area contributed by atoms with Crippen LogP contribution in [0.3, 0.4) is 0 Å². The summed E-state index contributed by atoms with van der Waals surface area (Å²) in [7, 11) is 0. The molecule has 0 aliphatic rings. The number of hydrogen-bond acceptors (Lipinski definition) is 18. The Balaban J connectivity index is 0.000000213. The van der Waals surface area contributed by atoms with Crippen LogP contribution in [0.2, 0.25) is 0 Å². The number of carbonyl (C=O) groups is 2. The number of aryl methyl sites for hydroxylation is 2. The number of anilines is 6. The molecule has 400 valence electrons. The molecular weight excluding hydrogens is 977 g/mol. The molecule has 21 heteroatoms. The van der Waals surface area contributed by atoms with E-state index in [0.717, 1.165) is 46.5 Å². The van der Waals surface area contributed by atoms with Gasteiger partial charge in [0.15, 0.2) is 11.6 Å². The Morgan fingerprint density at radius 3 is 1.47 bits per heavy atom. The van der Waals surface area contributed by atoms with Crippen LogP contribution in [-0.4, -0.2) is 69.6 Å². The number of esters is 1. The van der Waals surface area contributed by atoms with Crippen molar-refractivity contribution in [2.45, 2.75) is 79.2 Å². The molecule has 0 aliphatic heterocycles. The van der Waals surface area contributed by atoms with Crippen molar-refractivity contribution >= 4 is 46.8 Å². The van der Waals surface area contributed by atoms with Gasteiger partial charge in [-0.3, -0.25) is 28.3 Å². The minimum absolute atomic E-state index is 0.170. The Bertz CT molecular complexity index is 3380. The minimum Gasteiger partial charge on any atom is -0.459 e. The van der Waals surface area contributed by atoms with Crippen LogP contribution in [0.25, 0.3) is 22.5 Å². The molecule has 77 heavy (non-hydrogen) atoms. The van der Waals surface area contributed by atoms with E-state index in [9.17, 15) is 19.2 Å². The molecule has 0 saturated carbocycles. The van der Waals surface area contributed by atoms with Crippen LogP contribution in [0.5, 0.6) is 0 Å². The van der Waals surface area contributed by atoms with Gasteiger partial charge in [-0.2, -0.15) is 0 Å². The highest BCUT2D eigenvalue weighted by molar-refractivity contribution is 5.77. The number of aromatic nitrogens is 8. The third-order valence-corrected chi connectivity index (χ3v) is 11.5. The number of nitrogen functional groups attached to an aromatic ring is 4. The zero-order valence-corrected chi connectivity index (χ0v) is 43.9. The number of amides is 1. The Kier molecular flexibility index (Phi) is 20.0. The van der Waals surface area contributed by atoms with Gasteiger partial charge >= 0.3 is 5.97 Å². The number of nitrogens with zero attached hydrogens (tertiary/aromatic N) is 8. The summed E-state index contributed by atoms with van der Waals surface area (Å²) in [4.78, 5) is 76.8. The molecule has 0 aliphatic carbocycles. The minimum atomic E-state index is -0.661. The maximum atomic E-state index is 13.4. The van der Waals surface area contributed by atoms with E-state index in [0.29, 0.717) is 65.4 Å². The summed E-state index contributed by atoms with van der Waals surface area (Å²) in [6, 6.07) is 33.7. The smallest absolute Gasteiger partial charge is 0.326 e. The van der Waals surface area contributed by atoms with E-state index in [-0.39, 0.29) is 37.2 Å². The topological polar surface area (TPSA) is 331 Å². The van der Waals surface area contributed by atoms with Crippen LogP contribution in [0.15, 0.2) is 144 Å². The van der Waals surface area contributed by atoms with Crippen LogP contribution in [0, 0.1) is 13.8 Å². The first-order valence-electron chi connectivity index (χ1n) is 24.7. The molecule has 8 rings (SSSR count). The predicted molar refractivity (Wildman–Crippen MR) is 302 cm³/mol. The highest BCUT2D eigenvalue weighted by Crippen LogP contribution is 2.22. The molecule has 0 fully saturated rings. The van der Waals surface area contributed by atoms with Crippen molar-refractivity contribution in [3.8, 4) is 22.5 Å². The van der Waals surface area contributed by atoms with Crippen molar-refractivity contribution in [3.63, 3.8) is 0 Å². The molecule has 2 aromatic carbocycles. The number of rotatable bonds is 17. The van der Waals surface area contributed by atoms with Crippen LogP contribution >= 0.6 is 0 Å². The van der Waals surface area contributed by atoms with E-state index in [4.69, 9.17) is 33.4 Å². The molecule has 0 unspecified atom stereocenters. The third kappa shape index (κ3) is 17.3. The predicted octanol–water partition coefficient (Wildman–Crippen LogP) is 5.46. The van der Waals surface area contributed by atoms with Gasteiger partial charge in [0.2, 0.25) is 5.91 Å². The van der Waals surface area contributed by atoms with Crippen LogP contribution in [0.1, 0.15) is 54.4 Å². The van der Waals surface area contributed by atoms with Crippen LogP contribution in [0.4, 0.5) is 34.9 Å². The highest BCUT2D eigenvalue weighted by Gasteiger charge is 2.21. The van der Waals surface area contributed by atoms with E-state index in [2.05, 4.69) is 45.9 Å². The number of ether oxygens (including phenoxy) is 1. The second-order valence-electron chi connectivity index (χ2n) is 18.6. The maximum absolute atomic E-state index is 13.4. The average Bonchev–Trinajstić information content (AvgIpc) is 3.39. The Morgan fingerprint density at radius 2 is 1.04 bits per heavy atom. The van der Waals surface area contributed by atoms with Gasteiger partial charge in [0, 0.05) is 61.1 Å². The number of pyridine rings is 4. The highest BCUT2D eigenvalue weighted by atomic mass is 16.6. The fourth-order valence-electron chi connectivity index (χ4n) is 7.67. The molecule has 13 N–H and O–H groups in total. The van der Waals surface area contributed by atoms with E-state index in [1.807, 2.05) is 86.6 Å². The van der Waals surface area contributed by atoms with Gasteiger partial charge in [-0.25, -0.2) is 29.9 Å². The van der Waals surface area contributed by atoms with Gasteiger partial charge in [-0.05, 0) is 106 Å².